The van der Waals surface area contributed by atoms with Gasteiger partial charge in [0.2, 0.25) is 0 Å². The van der Waals surface area contributed by atoms with Gasteiger partial charge in [0, 0.05) is 5.92 Å². The summed E-state index contributed by atoms with van der Waals surface area (Å²) in [7, 11) is -1.79. The van der Waals surface area contributed by atoms with Crippen molar-refractivity contribution < 1.29 is 17.3 Å². The summed E-state index contributed by atoms with van der Waals surface area (Å²) >= 11 is 0. The van der Waals surface area contributed by atoms with Gasteiger partial charge in [0.05, 0.1) is 19.5 Å². The molecule has 1 fully saturated rings. The molecule has 1 aliphatic rings. The fourth-order valence-electron chi connectivity index (χ4n) is 2.77. The average Bonchev–Trinajstić information content (AvgIpc) is 2.37. The van der Waals surface area contributed by atoms with Crippen LogP contribution >= 0.6 is 0 Å². The molecule has 1 saturated carbocycles. The first kappa shape index (κ1) is 14.3. The van der Waals surface area contributed by atoms with E-state index in [0.717, 1.165) is 43.3 Å². The number of methoxy groups -OCH3 is 1. The van der Waals surface area contributed by atoms with Gasteiger partial charge in [-0.25, -0.2) is 0 Å². The summed E-state index contributed by atoms with van der Waals surface area (Å²) in [5.74, 6) is 0.885. The fourth-order valence-corrected chi connectivity index (χ4v) is 3.44. The lowest BCUT2D eigenvalue weighted by Gasteiger charge is -2.31. The normalized spacial score (nSPS) is 24.1. The molecule has 19 heavy (non-hydrogen) atoms. The third kappa shape index (κ3) is 3.70. The van der Waals surface area contributed by atoms with Crippen molar-refractivity contribution in [1.29, 1.82) is 0 Å². The van der Waals surface area contributed by atoms with E-state index in [0.29, 0.717) is 0 Å². The smallest absolute Gasteiger partial charge is 0.264 e. The zero-order chi connectivity index (χ0) is 13.9. The van der Waals surface area contributed by atoms with Gasteiger partial charge in [-0.3, -0.25) is 4.18 Å². The Bertz CT molecular complexity index is 524. The Balaban J connectivity index is 2.28. The van der Waals surface area contributed by atoms with Gasteiger partial charge in [-0.05, 0) is 24.5 Å². The Morgan fingerprint density at radius 2 is 1.84 bits per heavy atom. The topological polar surface area (TPSA) is 52.6 Å². The van der Waals surface area contributed by atoms with Gasteiger partial charge in [-0.1, -0.05) is 31.0 Å². The molecule has 0 N–H and O–H groups in total. The van der Waals surface area contributed by atoms with Crippen molar-refractivity contribution in [1.82, 2.24) is 0 Å². The van der Waals surface area contributed by atoms with Crippen LogP contribution in [0.2, 0.25) is 0 Å². The largest absolute Gasteiger partial charge is 0.496 e. The summed E-state index contributed by atoms with van der Waals surface area (Å²) in [6.45, 7) is 0. The Labute approximate surface area is 114 Å². The molecule has 1 aliphatic carbocycles. The van der Waals surface area contributed by atoms with E-state index in [1.54, 1.807) is 7.11 Å². The molecule has 0 amide bonds. The van der Waals surface area contributed by atoms with Crippen molar-refractivity contribution in [3.05, 3.63) is 29.8 Å². The minimum Gasteiger partial charge on any atom is -0.496 e. The Morgan fingerprint density at radius 3 is 2.53 bits per heavy atom. The van der Waals surface area contributed by atoms with Crippen LogP contribution < -0.4 is 4.74 Å². The van der Waals surface area contributed by atoms with Crippen molar-refractivity contribution in [2.24, 2.45) is 0 Å². The van der Waals surface area contributed by atoms with Crippen molar-refractivity contribution in [2.45, 2.75) is 37.7 Å². The summed E-state index contributed by atoms with van der Waals surface area (Å²) in [6.07, 6.45) is 4.63. The number of rotatable bonds is 4. The van der Waals surface area contributed by atoms with E-state index >= 15 is 0 Å². The van der Waals surface area contributed by atoms with Gasteiger partial charge < -0.3 is 4.74 Å². The van der Waals surface area contributed by atoms with Crippen LogP contribution in [0.25, 0.3) is 0 Å². The number of hydrogen-bond acceptors (Lipinski definition) is 4. The number of benzene rings is 1. The number of hydrogen-bond donors (Lipinski definition) is 0. The lowest BCUT2D eigenvalue weighted by molar-refractivity contribution is 0.137. The maximum absolute atomic E-state index is 11.4. The van der Waals surface area contributed by atoms with Crippen LogP contribution in [0.3, 0.4) is 0 Å². The maximum Gasteiger partial charge on any atom is 0.264 e. The third-order valence-corrected chi connectivity index (χ3v) is 4.14. The molecule has 0 heterocycles. The molecule has 5 heteroatoms. The van der Waals surface area contributed by atoms with E-state index in [1.807, 2.05) is 24.3 Å². The van der Waals surface area contributed by atoms with Crippen molar-refractivity contribution in [3.63, 3.8) is 0 Å². The maximum atomic E-state index is 11.4. The molecule has 4 nitrogen and oxygen atoms in total. The molecule has 2 rings (SSSR count). The van der Waals surface area contributed by atoms with E-state index in [2.05, 4.69) is 0 Å². The van der Waals surface area contributed by atoms with Crippen molar-refractivity contribution >= 4 is 10.1 Å². The lowest BCUT2D eigenvalue weighted by atomic mass is 9.81. The predicted molar refractivity (Wildman–Crippen MR) is 73.9 cm³/mol. The molecule has 0 bridgehead atoms. The van der Waals surface area contributed by atoms with Gasteiger partial charge in [0.15, 0.2) is 0 Å². The SMILES string of the molecule is COc1ccccc1[C@H]1CCCC[C@@H]1OS(C)(=O)=O. The van der Waals surface area contributed by atoms with Crippen LogP contribution in [0.4, 0.5) is 0 Å². The second kappa shape index (κ2) is 5.92. The first-order valence-electron chi connectivity index (χ1n) is 6.52. The zero-order valence-electron chi connectivity index (χ0n) is 11.3. The predicted octanol–water partition coefficient (Wildman–Crippen LogP) is 2.70. The standard InChI is InChI=1S/C14H20O4S/c1-17-13-9-5-3-7-11(13)12-8-4-6-10-14(12)18-19(2,15)16/h3,5,7,9,12,14H,4,6,8,10H2,1-2H3/t12-,14+/m1/s1. The molecule has 1 aromatic rings. The van der Waals surface area contributed by atoms with Gasteiger partial charge in [0.1, 0.15) is 5.75 Å². The molecule has 0 saturated heterocycles. The average molecular weight is 284 g/mol. The van der Waals surface area contributed by atoms with Crippen molar-refractivity contribution in [2.75, 3.05) is 13.4 Å². The van der Waals surface area contributed by atoms with Crippen LogP contribution in [-0.2, 0) is 14.3 Å². The second-order valence-electron chi connectivity index (χ2n) is 4.97. The minimum atomic E-state index is -3.43. The minimum absolute atomic E-state index is 0.0830. The highest BCUT2D eigenvalue weighted by Crippen LogP contribution is 2.39. The van der Waals surface area contributed by atoms with Gasteiger partial charge in [-0.15, -0.1) is 0 Å². The van der Waals surface area contributed by atoms with Crippen LogP contribution in [0, 0.1) is 0 Å². The van der Waals surface area contributed by atoms with Gasteiger partial charge in [-0.2, -0.15) is 8.42 Å². The highest BCUT2D eigenvalue weighted by molar-refractivity contribution is 7.86. The number of para-hydroxylation sites is 1. The first-order chi connectivity index (χ1) is 9.01. The molecule has 0 spiro atoms. The lowest BCUT2D eigenvalue weighted by Crippen LogP contribution is -2.28. The van der Waals surface area contributed by atoms with Crippen LogP contribution in [0.5, 0.6) is 5.75 Å². The van der Waals surface area contributed by atoms with Crippen LogP contribution in [0.15, 0.2) is 24.3 Å². The molecular formula is C14H20O4S. The third-order valence-electron chi connectivity index (χ3n) is 3.54. The van der Waals surface area contributed by atoms with Gasteiger partial charge in [0.25, 0.3) is 10.1 Å². The summed E-state index contributed by atoms with van der Waals surface area (Å²) in [4.78, 5) is 0. The summed E-state index contributed by atoms with van der Waals surface area (Å²) in [5.41, 5.74) is 1.04. The van der Waals surface area contributed by atoms with E-state index in [-0.39, 0.29) is 12.0 Å². The van der Waals surface area contributed by atoms with E-state index in [4.69, 9.17) is 8.92 Å². The van der Waals surface area contributed by atoms with Crippen molar-refractivity contribution in [3.8, 4) is 5.75 Å². The molecule has 0 unspecified atom stereocenters. The Morgan fingerprint density at radius 1 is 1.16 bits per heavy atom. The van der Waals surface area contributed by atoms with E-state index in [1.165, 1.54) is 0 Å². The molecule has 0 radical (unpaired) electrons. The summed E-state index contributed by atoms with van der Waals surface area (Å²) in [6, 6.07) is 7.76. The molecule has 2 atom stereocenters. The summed E-state index contributed by atoms with van der Waals surface area (Å²) in [5, 5.41) is 0. The van der Waals surface area contributed by atoms with E-state index in [9.17, 15) is 8.42 Å². The Hall–Kier alpha value is -1.07. The monoisotopic (exact) mass is 284 g/mol. The number of ether oxygens (including phenoxy) is 1. The molecule has 0 aliphatic heterocycles. The zero-order valence-corrected chi connectivity index (χ0v) is 12.2. The van der Waals surface area contributed by atoms with E-state index < -0.39 is 10.1 Å². The molecular weight excluding hydrogens is 264 g/mol. The highest BCUT2D eigenvalue weighted by Gasteiger charge is 2.31. The second-order valence-corrected chi connectivity index (χ2v) is 6.57. The summed E-state index contributed by atoms with van der Waals surface area (Å²) < 4.78 is 33.4. The van der Waals surface area contributed by atoms with Crippen LogP contribution in [0.1, 0.15) is 37.2 Å². The van der Waals surface area contributed by atoms with Gasteiger partial charge >= 0.3 is 0 Å². The fraction of sp³-hybridized carbons (Fsp3) is 0.571. The Kier molecular flexibility index (Phi) is 4.47. The molecule has 1 aromatic carbocycles. The van der Waals surface area contributed by atoms with Crippen LogP contribution in [-0.4, -0.2) is 27.9 Å². The molecule has 0 aromatic heterocycles. The molecule has 106 valence electrons. The highest BCUT2D eigenvalue weighted by atomic mass is 32.2. The quantitative estimate of drug-likeness (QED) is 0.798. The first-order valence-corrected chi connectivity index (χ1v) is 8.34.